The van der Waals surface area contributed by atoms with E-state index in [1.807, 2.05) is 34.9 Å². The highest BCUT2D eigenvalue weighted by Gasteiger charge is 2.49. The molecule has 8 heteroatoms. The molecular weight excluding hydrogens is 400 g/mol. The third-order valence-electron chi connectivity index (χ3n) is 6.14. The number of fused-ring (bicyclic) bond motifs is 2. The van der Waals surface area contributed by atoms with E-state index in [4.69, 9.17) is 9.84 Å². The SMILES string of the molecule is COc1ccc(-c2ccc3n2C2(CCCCC2)C(O)=C(C(=O)NCC(=O)O)C3=O)cc1. The van der Waals surface area contributed by atoms with Gasteiger partial charge in [-0.25, -0.2) is 0 Å². The summed E-state index contributed by atoms with van der Waals surface area (Å²) in [6.45, 7) is -0.631. The van der Waals surface area contributed by atoms with Gasteiger partial charge in [-0.2, -0.15) is 0 Å². The molecule has 1 amide bonds. The van der Waals surface area contributed by atoms with E-state index >= 15 is 0 Å². The number of hydrogen-bond donors (Lipinski definition) is 3. The highest BCUT2D eigenvalue weighted by atomic mass is 16.5. The third kappa shape index (κ3) is 3.37. The lowest BCUT2D eigenvalue weighted by atomic mass is 9.75. The number of allylic oxidation sites excluding steroid dienone is 1. The third-order valence-corrected chi connectivity index (χ3v) is 6.14. The maximum atomic E-state index is 13.2. The van der Waals surface area contributed by atoms with Crippen molar-refractivity contribution in [3.63, 3.8) is 0 Å². The molecule has 0 bridgehead atoms. The lowest BCUT2D eigenvalue weighted by Crippen LogP contribution is -2.47. The minimum Gasteiger partial charge on any atom is -0.509 e. The van der Waals surface area contributed by atoms with Gasteiger partial charge in [-0.3, -0.25) is 14.4 Å². The summed E-state index contributed by atoms with van der Waals surface area (Å²) in [5.41, 5.74) is 0.651. The molecule has 3 N–H and O–H groups in total. The summed E-state index contributed by atoms with van der Waals surface area (Å²) in [5, 5.41) is 22.4. The fourth-order valence-corrected chi connectivity index (χ4v) is 4.69. The van der Waals surface area contributed by atoms with Crippen molar-refractivity contribution in [3.05, 3.63) is 53.4 Å². The van der Waals surface area contributed by atoms with Crippen LogP contribution in [0, 0.1) is 0 Å². The topological polar surface area (TPSA) is 118 Å². The second-order valence-corrected chi connectivity index (χ2v) is 7.89. The molecule has 1 spiro atoms. The normalized spacial score (nSPS) is 17.4. The zero-order valence-corrected chi connectivity index (χ0v) is 17.2. The molecule has 2 heterocycles. The molecule has 8 nitrogen and oxygen atoms in total. The largest absolute Gasteiger partial charge is 0.509 e. The number of methoxy groups -OCH3 is 1. The van der Waals surface area contributed by atoms with Gasteiger partial charge in [-0.1, -0.05) is 19.3 Å². The number of ether oxygens (including phenoxy) is 1. The van der Waals surface area contributed by atoms with Crippen LogP contribution in [0.25, 0.3) is 11.3 Å². The lowest BCUT2D eigenvalue weighted by Gasteiger charge is -2.43. The van der Waals surface area contributed by atoms with Crippen LogP contribution >= 0.6 is 0 Å². The van der Waals surface area contributed by atoms with Gasteiger partial charge in [0.25, 0.3) is 5.91 Å². The number of aliphatic carboxylic acids is 1. The van der Waals surface area contributed by atoms with Crippen molar-refractivity contribution < 1.29 is 29.3 Å². The average Bonchev–Trinajstić information content (AvgIpc) is 3.23. The molecule has 0 radical (unpaired) electrons. The van der Waals surface area contributed by atoms with Crippen LogP contribution < -0.4 is 10.1 Å². The molecule has 1 aliphatic heterocycles. The molecule has 1 aromatic carbocycles. The van der Waals surface area contributed by atoms with E-state index in [1.54, 1.807) is 13.2 Å². The van der Waals surface area contributed by atoms with Crippen LogP contribution in [0.5, 0.6) is 5.75 Å². The quantitative estimate of drug-likeness (QED) is 0.635. The van der Waals surface area contributed by atoms with Crippen LogP contribution in [-0.2, 0) is 15.1 Å². The number of nitrogens with zero attached hydrogens (tertiary/aromatic N) is 1. The van der Waals surface area contributed by atoms with E-state index in [0.717, 1.165) is 30.5 Å². The summed E-state index contributed by atoms with van der Waals surface area (Å²) in [6.07, 6.45) is 3.82. The van der Waals surface area contributed by atoms with E-state index < -0.39 is 29.7 Å². The molecule has 162 valence electrons. The van der Waals surface area contributed by atoms with Crippen molar-refractivity contribution in [1.82, 2.24) is 9.88 Å². The van der Waals surface area contributed by atoms with Crippen molar-refractivity contribution in [1.29, 1.82) is 0 Å². The van der Waals surface area contributed by atoms with Gasteiger partial charge in [0.05, 0.1) is 12.8 Å². The molecule has 0 atom stereocenters. The number of nitrogens with one attached hydrogen (secondary N) is 1. The van der Waals surface area contributed by atoms with Gasteiger partial charge in [0, 0.05) is 5.69 Å². The number of carboxylic acids is 1. The van der Waals surface area contributed by atoms with Crippen molar-refractivity contribution in [2.75, 3.05) is 13.7 Å². The van der Waals surface area contributed by atoms with Gasteiger partial charge in [-0.05, 0) is 54.8 Å². The fraction of sp³-hybridized carbons (Fsp3) is 0.348. The predicted octanol–water partition coefficient (Wildman–Crippen LogP) is 3.03. The Balaban J connectivity index is 1.86. The van der Waals surface area contributed by atoms with E-state index in [9.17, 15) is 19.5 Å². The van der Waals surface area contributed by atoms with Gasteiger partial charge >= 0.3 is 5.97 Å². The van der Waals surface area contributed by atoms with Crippen LogP contribution in [0.3, 0.4) is 0 Å². The summed E-state index contributed by atoms with van der Waals surface area (Å²) < 4.78 is 7.09. The van der Waals surface area contributed by atoms with Crippen LogP contribution in [0.4, 0.5) is 0 Å². The predicted molar refractivity (Wildman–Crippen MR) is 112 cm³/mol. The Hall–Kier alpha value is -3.55. The molecule has 1 saturated carbocycles. The highest BCUT2D eigenvalue weighted by molar-refractivity contribution is 6.26. The summed E-state index contributed by atoms with van der Waals surface area (Å²) >= 11 is 0. The van der Waals surface area contributed by atoms with Gasteiger partial charge in [0.2, 0.25) is 5.78 Å². The monoisotopic (exact) mass is 424 g/mol. The van der Waals surface area contributed by atoms with Crippen LogP contribution in [0.1, 0.15) is 42.6 Å². The molecule has 0 saturated heterocycles. The second kappa shape index (κ2) is 7.94. The summed E-state index contributed by atoms with van der Waals surface area (Å²) in [4.78, 5) is 36.7. The molecule has 1 aromatic heterocycles. The summed E-state index contributed by atoms with van der Waals surface area (Å²) in [5.74, 6) is -2.28. The summed E-state index contributed by atoms with van der Waals surface area (Å²) in [6, 6.07) is 10.9. The molecule has 2 aliphatic rings. The van der Waals surface area contributed by atoms with Gasteiger partial charge < -0.3 is 24.8 Å². The molecule has 1 aliphatic carbocycles. The Morgan fingerprint density at radius 2 is 1.71 bits per heavy atom. The first kappa shape index (κ1) is 20.7. The second-order valence-electron chi connectivity index (χ2n) is 7.89. The van der Waals surface area contributed by atoms with Crippen molar-refractivity contribution in [2.24, 2.45) is 0 Å². The number of rotatable bonds is 5. The zero-order valence-electron chi connectivity index (χ0n) is 17.2. The van der Waals surface area contributed by atoms with Gasteiger partial charge in [-0.15, -0.1) is 0 Å². The number of carbonyl (C=O) groups excluding carboxylic acids is 2. The number of carbonyl (C=O) groups is 3. The Kier molecular flexibility index (Phi) is 5.31. The van der Waals surface area contributed by atoms with Crippen molar-refractivity contribution >= 4 is 17.7 Å². The number of amides is 1. The highest BCUT2D eigenvalue weighted by Crippen LogP contribution is 2.48. The Bertz CT molecular complexity index is 1070. The van der Waals surface area contributed by atoms with Crippen molar-refractivity contribution in [2.45, 2.75) is 37.6 Å². The number of benzene rings is 1. The molecule has 4 rings (SSSR count). The summed E-state index contributed by atoms with van der Waals surface area (Å²) in [7, 11) is 1.59. The maximum absolute atomic E-state index is 13.2. The van der Waals surface area contributed by atoms with E-state index in [2.05, 4.69) is 5.32 Å². The number of carboxylic acid groups (broad SMARTS) is 1. The minimum absolute atomic E-state index is 0.279. The maximum Gasteiger partial charge on any atom is 0.322 e. The number of ketones is 1. The molecular formula is C23H24N2O6. The van der Waals surface area contributed by atoms with Gasteiger partial charge in [0.15, 0.2) is 0 Å². The average molecular weight is 424 g/mol. The number of aliphatic hydroxyl groups excluding tert-OH is 1. The number of aromatic nitrogens is 1. The molecule has 31 heavy (non-hydrogen) atoms. The fourth-order valence-electron chi connectivity index (χ4n) is 4.69. The number of aliphatic hydroxyl groups is 1. The Labute approximate surface area is 179 Å². The Morgan fingerprint density at radius 1 is 1.06 bits per heavy atom. The first-order valence-corrected chi connectivity index (χ1v) is 10.2. The van der Waals surface area contributed by atoms with E-state index in [0.29, 0.717) is 24.3 Å². The molecule has 0 unspecified atom stereocenters. The van der Waals surface area contributed by atoms with Crippen LogP contribution in [-0.4, -0.2) is 46.1 Å². The number of Topliss-reactive ketones (excluding diaryl/α,β-unsaturated/α-hetero) is 1. The van der Waals surface area contributed by atoms with Crippen LogP contribution in [0.2, 0.25) is 0 Å². The lowest BCUT2D eigenvalue weighted by molar-refractivity contribution is -0.137. The molecule has 2 aromatic rings. The minimum atomic E-state index is -1.23. The smallest absolute Gasteiger partial charge is 0.322 e. The van der Waals surface area contributed by atoms with Crippen molar-refractivity contribution in [3.8, 4) is 17.0 Å². The zero-order chi connectivity index (χ0) is 22.2. The first-order valence-electron chi connectivity index (χ1n) is 10.2. The van der Waals surface area contributed by atoms with E-state index in [-0.39, 0.29) is 11.3 Å². The first-order chi connectivity index (χ1) is 14.9. The standard InChI is InChI=1S/C23H24N2O6/c1-31-15-7-5-14(6-8-15)16-9-10-17-20(28)19(22(30)24-13-18(26)27)21(29)23(25(16)17)11-3-2-4-12-23/h5-10,29H,2-4,11-13H2,1H3,(H,24,30)(H,26,27). The van der Waals surface area contributed by atoms with Gasteiger partial charge in [0.1, 0.15) is 29.2 Å². The number of hydrogen-bond acceptors (Lipinski definition) is 5. The Morgan fingerprint density at radius 3 is 2.32 bits per heavy atom. The van der Waals surface area contributed by atoms with Crippen LogP contribution in [0.15, 0.2) is 47.7 Å². The molecule has 1 fully saturated rings. The van der Waals surface area contributed by atoms with E-state index in [1.165, 1.54) is 0 Å².